The van der Waals surface area contributed by atoms with Crippen LogP contribution in [0.25, 0.3) is 0 Å². The SMILES string of the molecule is CC(C)C(=O)N1CCc2ccc(NC(=O)C(C)(C)Oc3ccc(Cl)cc3)cc2C1. The normalized spacial score (nSPS) is 13.8. The first kappa shape index (κ1) is 21.2. The van der Waals surface area contributed by atoms with Gasteiger partial charge in [0.05, 0.1) is 0 Å². The number of rotatable bonds is 5. The molecule has 2 aromatic rings. The average molecular weight is 415 g/mol. The molecule has 1 aliphatic heterocycles. The van der Waals surface area contributed by atoms with E-state index in [1.807, 2.05) is 36.9 Å². The van der Waals surface area contributed by atoms with Gasteiger partial charge >= 0.3 is 0 Å². The lowest BCUT2D eigenvalue weighted by Gasteiger charge is -2.31. The summed E-state index contributed by atoms with van der Waals surface area (Å²) in [5, 5.41) is 3.55. The molecule has 2 amide bonds. The first-order valence-corrected chi connectivity index (χ1v) is 10.2. The van der Waals surface area contributed by atoms with Crippen LogP contribution < -0.4 is 10.1 Å². The van der Waals surface area contributed by atoms with Gasteiger partial charge in [0.15, 0.2) is 5.60 Å². The van der Waals surface area contributed by atoms with Crippen LogP contribution in [0.3, 0.4) is 0 Å². The molecule has 0 saturated heterocycles. The molecule has 0 radical (unpaired) electrons. The summed E-state index contributed by atoms with van der Waals surface area (Å²) in [6.45, 7) is 8.57. The fourth-order valence-electron chi connectivity index (χ4n) is 3.31. The summed E-state index contributed by atoms with van der Waals surface area (Å²) in [7, 11) is 0. The Labute approximate surface area is 177 Å². The third-order valence-corrected chi connectivity index (χ3v) is 5.27. The van der Waals surface area contributed by atoms with Crippen molar-refractivity contribution >= 4 is 29.1 Å². The number of nitrogens with one attached hydrogen (secondary N) is 1. The maximum Gasteiger partial charge on any atom is 0.267 e. The molecular formula is C23H27ClN2O3. The van der Waals surface area contributed by atoms with Crippen LogP contribution in [0.4, 0.5) is 5.69 Å². The first-order valence-electron chi connectivity index (χ1n) is 9.82. The maximum atomic E-state index is 12.8. The van der Waals surface area contributed by atoms with Crippen LogP contribution in [0.2, 0.25) is 5.02 Å². The van der Waals surface area contributed by atoms with E-state index in [0.29, 0.717) is 23.0 Å². The minimum absolute atomic E-state index is 0.0229. The molecule has 0 aromatic heterocycles. The number of benzene rings is 2. The molecule has 1 aliphatic rings. The van der Waals surface area contributed by atoms with E-state index in [-0.39, 0.29) is 17.7 Å². The molecule has 3 rings (SSSR count). The number of carbonyl (C=O) groups excluding carboxylic acids is 2. The number of anilines is 1. The Morgan fingerprint density at radius 1 is 1.10 bits per heavy atom. The monoisotopic (exact) mass is 414 g/mol. The second kappa shape index (κ2) is 8.46. The van der Waals surface area contributed by atoms with Crippen molar-refractivity contribution in [2.45, 2.75) is 46.3 Å². The summed E-state index contributed by atoms with van der Waals surface area (Å²) < 4.78 is 5.85. The number of hydrogen-bond donors (Lipinski definition) is 1. The van der Waals surface area contributed by atoms with E-state index in [4.69, 9.17) is 16.3 Å². The number of hydrogen-bond acceptors (Lipinski definition) is 3. The molecule has 0 spiro atoms. The van der Waals surface area contributed by atoms with Crippen molar-refractivity contribution in [3.05, 3.63) is 58.6 Å². The Morgan fingerprint density at radius 2 is 1.79 bits per heavy atom. The van der Waals surface area contributed by atoms with Gasteiger partial charge in [-0.2, -0.15) is 0 Å². The van der Waals surface area contributed by atoms with Crippen LogP contribution in [-0.4, -0.2) is 28.9 Å². The van der Waals surface area contributed by atoms with Gasteiger partial charge in [-0.25, -0.2) is 0 Å². The number of halogens is 1. The summed E-state index contributed by atoms with van der Waals surface area (Å²) in [6, 6.07) is 12.8. The zero-order valence-electron chi connectivity index (χ0n) is 17.3. The molecule has 0 saturated carbocycles. The number of fused-ring (bicyclic) bond motifs is 1. The van der Waals surface area contributed by atoms with Gasteiger partial charge in [-0.15, -0.1) is 0 Å². The molecule has 0 bridgehead atoms. The highest BCUT2D eigenvalue weighted by Crippen LogP contribution is 2.26. The number of amides is 2. The van der Waals surface area contributed by atoms with Gasteiger partial charge in [0.1, 0.15) is 5.75 Å². The van der Waals surface area contributed by atoms with Gasteiger partial charge in [-0.05, 0) is 67.8 Å². The Balaban J connectivity index is 1.70. The van der Waals surface area contributed by atoms with Crippen LogP contribution in [0.1, 0.15) is 38.8 Å². The van der Waals surface area contributed by atoms with Crippen LogP contribution >= 0.6 is 11.6 Å². The number of ether oxygens (including phenoxy) is 1. The molecular weight excluding hydrogens is 388 g/mol. The highest BCUT2D eigenvalue weighted by atomic mass is 35.5. The zero-order valence-corrected chi connectivity index (χ0v) is 18.0. The van der Waals surface area contributed by atoms with E-state index < -0.39 is 5.60 Å². The van der Waals surface area contributed by atoms with Crippen LogP contribution in [-0.2, 0) is 22.6 Å². The predicted octanol–water partition coefficient (Wildman–Crippen LogP) is 4.68. The third kappa shape index (κ3) is 5.10. The molecule has 1 heterocycles. The molecule has 0 aliphatic carbocycles. The van der Waals surface area contributed by atoms with Gasteiger partial charge in [-0.1, -0.05) is 31.5 Å². The number of nitrogens with zero attached hydrogens (tertiary/aromatic N) is 1. The highest BCUT2D eigenvalue weighted by Gasteiger charge is 2.30. The fourth-order valence-corrected chi connectivity index (χ4v) is 3.44. The lowest BCUT2D eigenvalue weighted by Crippen LogP contribution is -2.42. The molecule has 0 atom stereocenters. The van der Waals surface area contributed by atoms with Crippen molar-refractivity contribution in [2.75, 3.05) is 11.9 Å². The Hall–Kier alpha value is -2.53. The second-order valence-electron chi connectivity index (χ2n) is 8.17. The van der Waals surface area contributed by atoms with E-state index in [9.17, 15) is 9.59 Å². The Morgan fingerprint density at radius 3 is 2.45 bits per heavy atom. The van der Waals surface area contributed by atoms with Crippen molar-refractivity contribution < 1.29 is 14.3 Å². The van der Waals surface area contributed by atoms with E-state index in [1.165, 1.54) is 5.56 Å². The summed E-state index contributed by atoms with van der Waals surface area (Å²) in [5.74, 6) is 0.453. The minimum Gasteiger partial charge on any atom is -0.478 e. The lowest BCUT2D eigenvalue weighted by molar-refractivity contribution is -0.135. The molecule has 0 fully saturated rings. The highest BCUT2D eigenvalue weighted by molar-refractivity contribution is 6.30. The second-order valence-corrected chi connectivity index (χ2v) is 8.60. The molecule has 1 N–H and O–H groups in total. The Kier molecular flexibility index (Phi) is 6.18. The first-order chi connectivity index (χ1) is 13.7. The van der Waals surface area contributed by atoms with E-state index >= 15 is 0 Å². The summed E-state index contributed by atoms with van der Waals surface area (Å²) in [4.78, 5) is 27.0. The molecule has 2 aromatic carbocycles. The topological polar surface area (TPSA) is 58.6 Å². The largest absolute Gasteiger partial charge is 0.478 e. The molecule has 5 nitrogen and oxygen atoms in total. The predicted molar refractivity (Wildman–Crippen MR) is 115 cm³/mol. The standard InChI is InChI=1S/C23H27ClN2O3/c1-15(2)21(27)26-12-11-16-5-8-19(13-17(16)14-26)25-22(28)23(3,4)29-20-9-6-18(24)7-10-20/h5-10,13,15H,11-12,14H2,1-4H3,(H,25,28). The summed E-state index contributed by atoms with van der Waals surface area (Å²) in [5.41, 5.74) is 1.91. The van der Waals surface area contributed by atoms with Crippen molar-refractivity contribution in [2.24, 2.45) is 5.92 Å². The summed E-state index contributed by atoms with van der Waals surface area (Å²) >= 11 is 5.90. The van der Waals surface area contributed by atoms with Gasteiger partial charge in [0, 0.05) is 29.7 Å². The zero-order chi connectivity index (χ0) is 21.2. The van der Waals surface area contributed by atoms with Gasteiger partial charge < -0.3 is 15.0 Å². The minimum atomic E-state index is -1.07. The van der Waals surface area contributed by atoms with Crippen LogP contribution in [0.5, 0.6) is 5.75 Å². The van der Waals surface area contributed by atoms with E-state index in [2.05, 4.69) is 5.32 Å². The smallest absolute Gasteiger partial charge is 0.267 e. The van der Waals surface area contributed by atoms with Gasteiger partial charge in [0.2, 0.25) is 5.91 Å². The van der Waals surface area contributed by atoms with E-state index in [1.54, 1.807) is 38.1 Å². The van der Waals surface area contributed by atoms with Crippen LogP contribution in [0.15, 0.2) is 42.5 Å². The Bertz CT molecular complexity index is 907. The number of carbonyl (C=O) groups is 2. The van der Waals surface area contributed by atoms with Crippen molar-refractivity contribution in [1.29, 1.82) is 0 Å². The lowest BCUT2D eigenvalue weighted by atomic mass is 9.97. The quantitative estimate of drug-likeness (QED) is 0.772. The van der Waals surface area contributed by atoms with Gasteiger partial charge in [-0.3, -0.25) is 9.59 Å². The van der Waals surface area contributed by atoms with Gasteiger partial charge in [0.25, 0.3) is 5.91 Å². The van der Waals surface area contributed by atoms with Crippen LogP contribution in [0, 0.1) is 5.92 Å². The summed E-state index contributed by atoms with van der Waals surface area (Å²) in [6.07, 6.45) is 0.827. The molecule has 6 heteroatoms. The fraction of sp³-hybridized carbons (Fsp3) is 0.391. The average Bonchev–Trinajstić information content (AvgIpc) is 2.68. The van der Waals surface area contributed by atoms with Crippen molar-refractivity contribution in [3.8, 4) is 5.75 Å². The molecule has 29 heavy (non-hydrogen) atoms. The molecule has 154 valence electrons. The van der Waals surface area contributed by atoms with Crippen molar-refractivity contribution in [3.63, 3.8) is 0 Å². The van der Waals surface area contributed by atoms with E-state index in [0.717, 1.165) is 18.5 Å². The van der Waals surface area contributed by atoms with Crippen molar-refractivity contribution in [1.82, 2.24) is 4.90 Å². The third-order valence-electron chi connectivity index (χ3n) is 5.02. The molecule has 0 unspecified atom stereocenters. The maximum absolute atomic E-state index is 12.8.